The summed E-state index contributed by atoms with van der Waals surface area (Å²) in [5.41, 5.74) is 5.18. The van der Waals surface area contributed by atoms with Crippen LogP contribution in [-0.2, 0) is 16.6 Å². The summed E-state index contributed by atoms with van der Waals surface area (Å²) >= 11 is 0. The Labute approximate surface area is 191 Å². The number of carbonyl (C=O) groups is 1. The number of alkyl halides is 2. The molecule has 2 aliphatic rings. The van der Waals surface area contributed by atoms with Crippen molar-refractivity contribution in [2.24, 2.45) is 0 Å². The standard InChI is InChI=1S/C27H24F2N2O2/c1-16(2)18-5-4-6-19(13-18)24-17(3)7-10-23(30-24)31-25(32)26(11-12-26)21-8-9-22-20(14-21)15-27(28,29)33-22/h4-10,13-14H,1,11-12,15H2,2-3H3,(H,30,31,32). The Bertz CT molecular complexity index is 1300. The Morgan fingerprint density at radius 1 is 1.12 bits per heavy atom. The number of benzene rings is 2. The number of rotatable bonds is 5. The fourth-order valence-corrected chi connectivity index (χ4v) is 4.36. The number of pyridine rings is 1. The van der Waals surface area contributed by atoms with Gasteiger partial charge >= 0.3 is 6.11 Å². The molecule has 0 radical (unpaired) electrons. The third-order valence-corrected chi connectivity index (χ3v) is 6.42. The molecule has 3 aromatic rings. The average Bonchev–Trinajstić information content (AvgIpc) is 3.52. The largest absolute Gasteiger partial charge is 0.432 e. The van der Waals surface area contributed by atoms with E-state index >= 15 is 0 Å². The summed E-state index contributed by atoms with van der Waals surface area (Å²) in [6, 6.07) is 16.6. The Hall–Kier alpha value is -3.54. The van der Waals surface area contributed by atoms with Gasteiger partial charge in [0.25, 0.3) is 0 Å². The highest BCUT2D eigenvalue weighted by atomic mass is 19.3. The van der Waals surface area contributed by atoms with Crippen molar-refractivity contribution < 1.29 is 18.3 Å². The fourth-order valence-electron chi connectivity index (χ4n) is 4.36. The summed E-state index contributed by atoms with van der Waals surface area (Å²) in [5.74, 6) is 0.469. The number of hydrogen-bond acceptors (Lipinski definition) is 3. The molecule has 1 aliphatic heterocycles. The van der Waals surface area contributed by atoms with Gasteiger partial charge in [0.2, 0.25) is 5.91 Å². The zero-order valence-corrected chi connectivity index (χ0v) is 18.5. The summed E-state index contributed by atoms with van der Waals surface area (Å²) in [5, 5.41) is 2.95. The number of halogens is 2. The fraction of sp³-hybridized carbons (Fsp3) is 0.259. The third kappa shape index (κ3) is 3.90. The lowest BCUT2D eigenvalue weighted by Crippen LogP contribution is -2.28. The van der Waals surface area contributed by atoms with E-state index in [1.165, 1.54) is 6.07 Å². The molecule has 2 aromatic carbocycles. The molecular formula is C27H24F2N2O2. The van der Waals surface area contributed by atoms with Crippen molar-refractivity contribution in [3.8, 4) is 17.0 Å². The van der Waals surface area contributed by atoms with Crippen molar-refractivity contribution in [2.75, 3.05) is 5.32 Å². The van der Waals surface area contributed by atoms with Gasteiger partial charge in [-0.15, -0.1) is 0 Å². The minimum absolute atomic E-state index is 0.175. The van der Waals surface area contributed by atoms with Gasteiger partial charge in [-0.1, -0.05) is 48.6 Å². The molecule has 33 heavy (non-hydrogen) atoms. The van der Waals surface area contributed by atoms with E-state index < -0.39 is 17.9 Å². The lowest BCUT2D eigenvalue weighted by atomic mass is 9.92. The number of aromatic nitrogens is 1. The van der Waals surface area contributed by atoms with Crippen molar-refractivity contribution in [2.45, 2.75) is 44.6 Å². The lowest BCUT2D eigenvalue weighted by Gasteiger charge is -2.17. The average molecular weight is 446 g/mol. The number of carbonyl (C=O) groups excluding carboxylic acids is 1. The highest BCUT2D eigenvalue weighted by molar-refractivity contribution is 6.01. The Kier molecular flexibility index (Phi) is 4.85. The Morgan fingerprint density at radius 2 is 1.91 bits per heavy atom. The second kappa shape index (κ2) is 7.51. The van der Waals surface area contributed by atoms with Crippen molar-refractivity contribution in [3.05, 3.63) is 83.4 Å². The monoisotopic (exact) mass is 446 g/mol. The summed E-state index contributed by atoms with van der Waals surface area (Å²) in [4.78, 5) is 18.0. The van der Waals surface area contributed by atoms with Crippen LogP contribution in [0.15, 0.2) is 61.2 Å². The normalized spacial score (nSPS) is 17.1. The van der Waals surface area contributed by atoms with Gasteiger partial charge in [-0.05, 0) is 61.6 Å². The van der Waals surface area contributed by atoms with Gasteiger partial charge in [0.15, 0.2) is 0 Å². The molecule has 1 N–H and O–H groups in total. The number of fused-ring (bicyclic) bond motifs is 1. The second-order valence-corrected chi connectivity index (χ2v) is 9.00. The van der Waals surface area contributed by atoms with Crippen LogP contribution in [0.5, 0.6) is 5.75 Å². The highest BCUT2D eigenvalue weighted by Gasteiger charge is 2.52. The molecule has 0 saturated heterocycles. The number of nitrogens with one attached hydrogen (secondary N) is 1. The quantitative estimate of drug-likeness (QED) is 0.501. The molecule has 0 spiro atoms. The van der Waals surface area contributed by atoms with Crippen LogP contribution in [-0.4, -0.2) is 17.0 Å². The van der Waals surface area contributed by atoms with Gasteiger partial charge in [0.1, 0.15) is 11.6 Å². The van der Waals surface area contributed by atoms with E-state index in [2.05, 4.69) is 16.6 Å². The summed E-state index contributed by atoms with van der Waals surface area (Å²) in [6.07, 6.45) is -2.34. The van der Waals surface area contributed by atoms with Gasteiger partial charge in [-0.3, -0.25) is 4.79 Å². The predicted molar refractivity (Wildman–Crippen MR) is 124 cm³/mol. The summed E-state index contributed by atoms with van der Waals surface area (Å²) in [6.45, 7) is 7.94. The topological polar surface area (TPSA) is 51.2 Å². The zero-order valence-electron chi connectivity index (χ0n) is 18.5. The molecule has 1 fully saturated rings. The molecule has 1 aliphatic carbocycles. The maximum atomic E-state index is 13.6. The predicted octanol–water partition coefficient (Wildman–Crippen LogP) is 6.29. The number of aryl methyl sites for hydroxylation is 1. The molecule has 1 amide bonds. The van der Waals surface area contributed by atoms with Crippen LogP contribution in [0.25, 0.3) is 16.8 Å². The first-order chi connectivity index (χ1) is 15.7. The van der Waals surface area contributed by atoms with Crippen LogP contribution < -0.4 is 10.1 Å². The minimum atomic E-state index is -3.19. The second-order valence-electron chi connectivity index (χ2n) is 9.00. The smallest absolute Gasteiger partial charge is 0.402 e. The molecule has 168 valence electrons. The molecule has 0 atom stereocenters. The molecule has 1 saturated carbocycles. The van der Waals surface area contributed by atoms with Gasteiger partial charge < -0.3 is 10.1 Å². The molecule has 2 heterocycles. The molecule has 6 heteroatoms. The van der Waals surface area contributed by atoms with Crippen molar-refractivity contribution >= 4 is 17.3 Å². The van der Waals surface area contributed by atoms with Crippen LogP contribution in [0.1, 0.15) is 42.0 Å². The van der Waals surface area contributed by atoms with E-state index in [0.717, 1.165) is 33.5 Å². The van der Waals surface area contributed by atoms with Crippen LogP contribution in [0, 0.1) is 6.92 Å². The van der Waals surface area contributed by atoms with Gasteiger partial charge in [-0.2, -0.15) is 8.78 Å². The van der Waals surface area contributed by atoms with E-state index in [0.29, 0.717) is 24.2 Å². The van der Waals surface area contributed by atoms with Crippen LogP contribution in [0.2, 0.25) is 0 Å². The SMILES string of the molecule is C=C(C)c1cccc(-c2nc(NC(=O)C3(c4ccc5c(c4)CC(F)(F)O5)CC3)ccc2C)c1. The Morgan fingerprint density at radius 3 is 2.64 bits per heavy atom. The van der Waals surface area contributed by atoms with Crippen molar-refractivity contribution in [3.63, 3.8) is 0 Å². The number of allylic oxidation sites excluding steroid dienone is 1. The van der Waals surface area contributed by atoms with E-state index in [1.807, 2.05) is 44.2 Å². The molecule has 0 unspecified atom stereocenters. The molecule has 4 nitrogen and oxygen atoms in total. The minimum Gasteiger partial charge on any atom is -0.432 e. The van der Waals surface area contributed by atoms with Gasteiger partial charge in [0.05, 0.1) is 17.5 Å². The summed E-state index contributed by atoms with van der Waals surface area (Å²) < 4.78 is 31.9. The maximum Gasteiger partial charge on any atom is 0.402 e. The number of hydrogen-bond donors (Lipinski definition) is 1. The molecular weight excluding hydrogens is 422 g/mol. The number of ether oxygens (including phenoxy) is 1. The Balaban J connectivity index is 1.40. The van der Waals surface area contributed by atoms with E-state index in [9.17, 15) is 13.6 Å². The van der Waals surface area contributed by atoms with Crippen molar-refractivity contribution in [1.29, 1.82) is 0 Å². The number of nitrogens with zero attached hydrogens (tertiary/aromatic N) is 1. The molecule has 1 aromatic heterocycles. The van der Waals surface area contributed by atoms with Crippen LogP contribution >= 0.6 is 0 Å². The van der Waals surface area contributed by atoms with E-state index in [1.54, 1.807) is 18.2 Å². The first-order valence-corrected chi connectivity index (χ1v) is 10.9. The maximum absolute atomic E-state index is 13.6. The third-order valence-electron chi connectivity index (χ3n) is 6.42. The highest BCUT2D eigenvalue weighted by Crippen LogP contribution is 2.51. The van der Waals surface area contributed by atoms with Crippen LogP contribution in [0.4, 0.5) is 14.6 Å². The summed E-state index contributed by atoms with van der Waals surface area (Å²) in [7, 11) is 0. The van der Waals surface area contributed by atoms with Crippen LogP contribution in [0.3, 0.4) is 0 Å². The first kappa shape index (κ1) is 21.3. The number of anilines is 1. The van der Waals surface area contributed by atoms with Crippen molar-refractivity contribution in [1.82, 2.24) is 4.98 Å². The lowest BCUT2D eigenvalue weighted by molar-refractivity contribution is -0.159. The first-order valence-electron chi connectivity index (χ1n) is 10.9. The molecule has 0 bridgehead atoms. The zero-order chi connectivity index (χ0) is 23.4. The molecule has 5 rings (SSSR count). The van der Waals surface area contributed by atoms with Gasteiger partial charge in [0, 0.05) is 11.1 Å². The number of amides is 1. The van der Waals surface area contributed by atoms with E-state index in [-0.39, 0.29) is 11.7 Å². The van der Waals surface area contributed by atoms with E-state index in [4.69, 9.17) is 4.98 Å². The van der Waals surface area contributed by atoms with Gasteiger partial charge in [-0.25, -0.2) is 4.98 Å².